The summed E-state index contributed by atoms with van der Waals surface area (Å²) in [6, 6.07) is 5.17. The minimum Gasteiger partial charge on any atom is -0.398 e. The zero-order chi connectivity index (χ0) is 12.3. The molecular formula is C12H18N2O2. The van der Waals surface area contributed by atoms with Gasteiger partial charge in [-0.25, -0.2) is 0 Å². The van der Waals surface area contributed by atoms with E-state index in [9.17, 15) is 9.90 Å². The van der Waals surface area contributed by atoms with Crippen molar-refractivity contribution in [2.24, 2.45) is 0 Å². The molecule has 0 unspecified atom stereocenters. The van der Waals surface area contributed by atoms with Gasteiger partial charge in [-0.15, -0.1) is 0 Å². The second-order valence-electron chi connectivity index (χ2n) is 4.52. The summed E-state index contributed by atoms with van der Waals surface area (Å²) >= 11 is 0. The van der Waals surface area contributed by atoms with Crippen molar-refractivity contribution in [1.29, 1.82) is 0 Å². The number of rotatable bonds is 4. The maximum Gasteiger partial charge on any atom is 0.161 e. The van der Waals surface area contributed by atoms with E-state index in [1.54, 1.807) is 32.0 Å². The molecular weight excluding hydrogens is 204 g/mol. The predicted octanol–water partition coefficient (Wildman–Crippen LogP) is 1.65. The SMILES string of the molecule is CC(=O)c1cc(NCC(C)(C)O)ccc1N. The molecule has 1 aromatic rings. The summed E-state index contributed by atoms with van der Waals surface area (Å²) in [6.45, 7) is 5.31. The number of hydrogen-bond donors (Lipinski definition) is 3. The van der Waals surface area contributed by atoms with Gasteiger partial charge in [-0.2, -0.15) is 0 Å². The molecule has 0 atom stereocenters. The third kappa shape index (κ3) is 3.55. The van der Waals surface area contributed by atoms with Crippen molar-refractivity contribution in [1.82, 2.24) is 0 Å². The molecule has 0 aromatic heterocycles. The lowest BCUT2D eigenvalue weighted by Gasteiger charge is -2.19. The standard InChI is InChI=1S/C12H18N2O2/c1-8(15)10-6-9(4-5-11(10)13)14-7-12(2,3)16/h4-6,14,16H,7,13H2,1-3H3. The van der Waals surface area contributed by atoms with Gasteiger partial charge in [-0.1, -0.05) is 0 Å². The highest BCUT2D eigenvalue weighted by molar-refractivity contribution is 5.99. The van der Waals surface area contributed by atoms with Crippen LogP contribution in [0.4, 0.5) is 11.4 Å². The number of aliphatic hydroxyl groups is 1. The Morgan fingerprint density at radius 3 is 2.62 bits per heavy atom. The van der Waals surface area contributed by atoms with Crippen molar-refractivity contribution in [2.75, 3.05) is 17.6 Å². The number of nitrogens with one attached hydrogen (secondary N) is 1. The van der Waals surface area contributed by atoms with E-state index >= 15 is 0 Å². The third-order valence-corrected chi connectivity index (χ3v) is 2.16. The van der Waals surface area contributed by atoms with Gasteiger partial charge in [0.2, 0.25) is 0 Å². The van der Waals surface area contributed by atoms with Crippen LogP contribution in [0.25, 0.3) is 0 Å². The molecule has 0 heterocycles. The fourth-order valence-electron chi connectivity index (χ4n) is 1.29. The molecule has 0 spiro atoms. The second-order valence-corrected chi connectivity index (χ2v) is 4.52. The summed E-state index contributed by atoms with van der Waals surface area (Å²) in [7, 11) is 0. The number of ketones is 1. The first-order valence-corrected chi connectivity index (χ1v) is 5.16. The van der Waals surface area contributed by atoms with Gasteiger partial charge in [0.15, 0.2) is 5.78 Å². The summed E-state index contributed by atoms with van der Waals surface area (Å²) in [4.78, 5) is 11.3. The molecule has 16 heavy (non-hydrogen) atoms. The van der Waals surface area contributed by atoms with Crippen molar-refractivity contribution in [3.63, 3.8) is 0 Å². The average Bonchev–Trinajstić information content (AvgIpc) is 2.14. The van der Waals surface area contributed by atoms with Crippen LogP contribution in [0.3, 0.4) is 0 Å². The van der Waals surface area contributed by atoms with E-state index in [1.807, 2.05) is 0 Å². The Balaban J connectivity index is 2.83. The molecule has 0 radical (unpaired) electrons. The van der Waals surface area contributed by atoms with Crippen LogP contribution in [0, 0.1) is 0 Å². The zero-order valence-electron chi connectivity index (χ0n) is 9.87. The van der Waals surface area contributed by atoms with E-state index < -0.39 is 5.60 Å². The summed E-state index contributed by atoms with van der Waals surface area (Å²) in [5, 5.41) is 12.6. The largest absolute Gasteiger partial charge is 0.398 e. The van der Waals surface area contributed by atoms with Crippen molar-refractivity contribution in [3.05, 3.63) is 23.8 Å². The number of carbonyl (C=O) groups is 1. The van der Waals surface area contributed by atoms with Gasteiger partial charge in [0.25, 0.3) is 0 Å². The van der Waals surface area contributed by atoms with Gasteiger partial charge in [-0.05, 0) is 39.0 Å². The maximum atomic E-state index is 11.3. The number of carbonyl (C=O) groups excluding carboxylic acids is 1. The van der Waals surface area contributed by atoms with Crippen molar-refractivity contribution in [3.8, 4) is 0 Å². The first-order chi connectivity index (χ1) is 7.29. The highest BCUT2D eigenvalue weighted by Crippen LogP contribution is 2.18. The van der Waals surface area contributed by atoms with Gasteiger partial charge < -0.3 is 16.2 Å². The molecule has 0 aliphatic heterocycles. The monoisotopic (exact) mass is 222 g/mol. The number of anilines is 2. The Morgan fingerprint density at radius 1 is 1.50 bits per heavy atom. The van der Waals surface area contributed by atoms with E-state index in [2.05, 4.69) is 5.32 Å². The van der Waals surface area contributed by atoms with Crippen LogP contribution in [-0.2, 0) is 0 Å². The van der Waals surface area contributed by atoms with E-state index in [0.717, 1.165) is 5.69 Å². The molecule has 0 aliphatic carbocycles. The number of benzene rings is 1. The molecule has 1 aromatic carbocycles. The van der Waals surface area contributed by atoms with Crippen LogP contribution in [-0.4, -0.2) is 23.0 Å². The lowest BCUT2D eigenvalue weighted by atomic mass is 10.1. The minimum absolute atomic E-state index is 0.0654. The van der Waals surface area contributed by atoms with Crippen LogP contribution in [0.15, 0.2) is 18.2 Å². The highest BCUT2D eigenvalue weighted by atomic mass is 16.3. The molecule has 88 valence electrons. The molecule has 4 N–H and O–H groups in total. The van der Waals surface area contributed by atoms with E-state index in [0.29, 0.717) is 17.8 Å². The molecule has 0 fully saturated rings. The van der Waals surface area contributed by atoms with Crippen molar-refractivity contribution < 1.29 is 9.90 Å². The minimum atomic E-state index is -0.794. The Kier molecular flexibility index (Phi) is 3.55. The Bertz CT molecular complexity index is 394. The average molecular weight is 222 g/mol. The van der Waals surface area contributed by atoms with E-state index in [1.165, 1.54) is 6.92 Å². The molecule has 4 nitrogen and oxygen atoms in total. The van der Waals surface area contributed by atoms with Gasteiger partial charge in [0.1, 0.15) is 0 Å². The van der Waals surface area contributed by atoms with Crippen LogP contribution in [0.1, 0.15) is 31.1 Å². The topological polar surface area (TPSA) is 75.3 Å². The normalized spacial score (nSPS) is 11.2. The molecule has 0 bridgehead atoms. The quantitative estimate of drug-likeness (QED) is 0.535. The van der Waals surface area contributed by atoms with E-state index in [4.69, 9.17) is 5.73 Å². The Morgan fingerprint density at radius 2 is 2.12 bits per heavy atom. The zero-order valence-corrected chi connectivity index (χ0v) is 9.87. The molecule has 1 rings (SSSR count). The fraction of sp³-hybridized carbons (Fsp3) is 0.417. The van der Waals surface area contributed by atoms with Crippen LogP contribution in [0.5, 0.6) is 0 Å². The van der Waals surface area contributed by atoms with Crippen LogP contribution >= 0.6 is 0 Å². The van der Waals surface area contributed by atoms with E-state index in [-0.39, 0.29) is 5.78 Å². The van der Waals surface area contributed by atoms with Crippen molar-refractivity contribution in [2.45, 2.75) is 26.4 Å². The van der Waals surface area contributed by atoms with Crippen LogP contribution < -0.4 is 11.1 Å². The fourth-order valence-corrected chi connectivity index (χ4v) is 1.29. The number of nitrogens with two attached hydrogens (primary N) is 1. The molecule has 0 saturated heterocycles. The summed E-state index contributed by atoms with van der Waals surface area (Å²) < 4.78 is 0. The number of nitrogen functional groups attached to an aromatic ring is 1. The smallest absolute Gasteiger partial charge is 0.161 e. The summed E-state index contributed by atoms with van der Waals surface area (Å²) in [5.74, 6) is -0.0654. The maximum absolute atomic E-state index is 11.3. The van der Waals surface area contributed by atoms with Gasteiger partial charge >= 0.3 is 0 Å². The number of Topliss-reactive ketones (excluding diaryl/α,β-unsaturated/α-hetero) is 1. The summed E-state index contributed by atoms with van der Waals surface area (Å²) in [5.41, 5.74) is 6.63. The number of hydrogen-bond acceptors (Lipinski definition) is 4. The lowest BCUT2D eigenvalue weighted by molar-refractivity contribution is 0.0945. The third-order valence-electron chi connectivity index (χ3n) is 2.16. The van der Waals surface area contributed by atoms with Crippen LogP contribution in [0.2, 0.25) is 0 Å². The summed E-state index contributed by atoms with van der Waals surface area (Å²) in [6.07, 6.45) is 0. The predicted molar refractivity (Wildman–Crippen MR) is 65.6 cm³/mol. The Labute approximate surface area is 95.5 Å². The highest BCUT2D eigenvalue weighted by Gasteiger charge is 2.12. The molecule has 0 amide bonds. The molecule has 0 aliphatic rings. The van der Waals surface area contributed by atoms with Gasteiger partial charge in [-0.3, -0.25) is 4.79 Å². The first-order valence-electron chi connectivity index (χ1n) is 5.16. The molecule has 4 heteroatoms. The molecule has 0 saturated carbocycles. The lowest BCUT2D eigenvalue weighted by Crippen LogP contribution is -2.29. The van der Waals surface area contributed by atoms with Gasteiger partial charge in [0.05, 0.1) is 5.60 Å². The Hall–Kier alpha value is -1.55. The van der Waals surface area contributed by atoms with Gasteiger partial charge in [0, 0.05) is 23.5 Å². The van der Waals surface area contributed by atoms with Crippen molar-refractivity contribution >= 4 is 17.2 Å². The second kappa shape index (κ2) is 4.53. The first kappa shape index (κ1) is 12.5.